The number of benzene rings is 2. The Labute approximate surface area is 148 Å². The summed E-state index contributed by atoms with van der Waals surface area (Å²) in [5.74, 6) is -0.532. The highest BCUT2D eigenvalue weighted by Gasteiger charge is 2.29. The lowest BCUT2D eigenvalue weighted by Gasteiger charge is -2.19. The first-order valence-corrected chi connectivity index (χ1v) is 8.32. The molecule has 1 aliphatic rings. The molecule has 0 aliphatic carbocycles. The third-order valence-electron chi connectivity index (χ3n) is 4.70. The molecular formula is C19H16FN3O3. The maximum absolute atomic E-state index is 14.8. The van der Waals surface area contributed by atoms with Gasteiger partial charge in [0.2, 0.25) is 0 Å². The van der Waals surface area contributed by atoms with Crippen LogP contribution in [0.25, 0.3) is 10.9 Å². The summed E-state index contributed by atoms with van der Waals surface area (Å²) in [5, 5.41) is 14.4. The zero-order valence-corrected chi connectivity index (χ0v) is 14.1. The summed E-state index contributed by atoms with van der Waals surface area (Å²) in [6.07, 6.45) is 0.791. The van der Waals surface area contributed by atoms with Gasteiger partial charge in [-0.25, -0.2) is 4.39 Å². The van der Waals surface area contributed by atoms with Crippen molar-refractivity contribution in [2.75, 3.05) is 11.9 Å². The molecule has 26 heavy (non-hydrogen) atoms. The van der Waals surface area contributed by atoms with Gasteiger partial charge in [-0.3, -0.25) is 14.9 Å². The van der Waals surface area contributed by atoms with Crippen molar-refractivity contribution >= 4 is 28.2 Å². The quantitative estimate of drug-likeness (QED) is 0.438. The van der Waals surface area contributed by atoms with Gasteiger partial charge in [0.1, 0.15) is 11.6 Å². The van der Waals surface area contributed by atoms with Crippen LogP contribution in [0.15, 0.2) is 36.4 Å². The van der Waals surface area contributed by atoms with Gasteiger partial charge in [0.05, 0.1) is 22.1 Å². The molecular weight excluding hydrogens is 337 g/mol. The van der Waals surface area contributed by atoms with Crippen molar-refractivity contribution in [2.24, 2.45) is 0 Å². The first-order chi connectivity index (χ1) is 12.5. The Balaban J connectivity index is 2.01. The van der Waals surface area contributed by atoms with Crippen molar-refractivity contribution < 1.29 is 14.1 Å². The number of ketones is 1. The SMILES string of the molecule is Cc1ccc(C(=O)c2c3n(c4cc([N+](=O)[O-])cc(F)c24)CCCN3)cc1. The summed E-state index contributed by atoms with van der Waals surface area (Å²) >= 11 is 0. The van der Waals surface area contributed by atoms with Crippen molar-refractivity contribution in [3.63, 3.8) is 0 Å². The van der Waals surface area contributed by atoms with Crippen LogP contribution in [0.5, 0.6) is 0 Å². The monoisotopic (exact) mass is 353 g/mol. The predicted octanol–water partition coefficient (Wildman–Crippen LogP) is 4.04. The van der Waals surface area contributed by atoms with E-state index in [1.807, 2.05) is 19.1 Å². The average molecular weight is 353 g/mol. The number of carbonyl (C=O) groups is 1. The molecule has 0 atom stereocenters. The molecule has 2 heterocycles. The van der Waals surface area contributed by atoms with E-state index in [9.17, 15) is 19.3 Å². The Morgan fingerprint density at radius 1 is 1.27 bits per heavy atom. The van der Waals surface area contributed by atoms with Crippen LogP contribution in [0.4, 0.5) is 15.9 Å². The highest BCUT2D eigenvalue weighted by Crippen LogP contribution is 2.37. The molecule has 1 N–H and O–H groups in total. The number of carbonyl (C=O) groups excluding carboxylic acids is 1. The van der Waals surface area contributed by atoms with Crippen molar-refractivity contribution in [1.82, 2.24) is 4.57 Å². The standard InChI is InChI=1S/C19H16FN3O3/c1-11-3-5-12(6-4-11)18(24)17-16-14(20)9-13(23(25)26)10-15(16)22-8-2-7-21-19(17)22/h3-6,9-10,21H,2,7-8H2,1H3. The van der Waals surface area contributed by atoms with Crippen molar-refractivity contribution in [1.29, 1.82) is 0 Å². The molecule has 0 saturated carbocycles. The van der Waals surface area contributed by atoms with Gasteiger partial charge in [-0.15, -0.1) is 0 Å². The molecule has 2 aromatic carbocycles. The summed E-state index contributed by atoms with van der Waals surface area (Å²) in [4.78, 5) is 23.6. The van der Waals surface area contributed by atoms with Gasteiger partial charge in [0, 0.05) is 30.1 Å². The molecule has 1 aliphatic heterocycles. The molecule has 3 aromatic rings. The van der Waals surface area contributed by atoms with Crippen molar-refractivity contribution in [3.8, 4) is 0 Å². The minimum absolute atomic E-state index is 0.130. The summed E-state index contributed by atoms with van der Waals surface area (Å²) < 4.78 is 16.6. The van der Waals surface area contributed by atoms with Gasteiger partial charge in [0.25, 0.3) is 5.69 Å². The normalized spacial score (nSPS) is 13.3. The van der Waals surface area contributed by atoms with Crippen molar-refractivity contribution in [3.05, 3.63) is 69.0 Å². The third kappa shape index (κ3) is 2.44. The lowest BCUT2D eigenvalue weighted by Crippen LogP contribution is -2.18. The van der Waals surface area contributed by atoms with E-state index in [4.69, 9.17) is 0 Å². The lowest BCUT2D eigenvalue weighted by atomic mass is 10.00. The summed E-state index contributed by atoms with van der Waals surface area (Å²) in [6, 6.07) is 9.28. The first kappa shape index (κ1) is 16.3. The topological polar surface area (TPSA) is 77.2 Å². The molecule has 0 fully saturated rings. The van der Waals surface area contributed by atoms with Gasteiger partial charge < -0.3 is 9.88 Å². The number of non-ortho nitro benzene ring substituents is 1. The minimum Gasteiger partial charge on any atom is -0.371 e. The van der Waals surface area contributed by atoms with Gasteiger partial charge >= 0.3 is 0 Å². The van der Waals surface area contributed by atoms with E-state index < -0.39 is 10.7 Å². The first-order valence-electron chi connectivity index (χ1n) is 8.32. The van der Waals surface area contributed by atoms with Gasteiger partial charge in [0.15, 0.2) is 5.78 Å². The van der Waals surface area contributed by atoms with E-state index in [-0.39, 0.29) is 22.4 Å². The number of nitrogens with one attached hydrogen (secondary N) is 1. The second-order valence-electron chi connectivity index (χ2n) is 6.43. The van der Waals surface area contributed by atoms with E-state index >= 15 is 0 Å². The number of nitrogens with zero attached hydrogens (tertiary/aromatic N) is 2. The van der Waals surface area contributed by atoms with Crippen LogP contribution in [0.1, 0.15) is 27.9 Å². The van der Waals surface area contributed by atoms with Crippen LogP contribution in [-0.2, 0) is 6.54 Å². The third-order valence-corrected chi connectivity index (χ3v) is 4.70. The Bertz CT molecular complexity index is 1050. The van der Waals surface area contributed by atoms with E-state index in [2.05, 4.69) is 5.32 Å². The van der Waals surface area contributed by atoms with E-state index in [1.54, 1.807) is 16.7 Å². The fraction of sp³-hybridized carbons (Fsp3) is 0.211. The predicted molar refractivity (Wildman–Crippen MR) is 96.3 cm³/mol. The molecule has 0 unspecified atom stereocenters. The molecule has 0 radical (unpaired) electrons. The highest BCUT2D eigenvalue weighted by atomic mass is 19.1. The number of anilines is 1. The van der Waals surface area contributed by atoms with Crippen molar-refractivity contribution in [2.45, 2.75) is 19.9 Å². The smallest absolute Gasteiger partial charge is 0.274 e. The number of aromatic nitrogens is 1. The largest absolute Gasteiger partial charge is 0.371 e. The summed E-state index contributed by atoms with van der Waals surface area (Å²) in [6.45, 7) is 3.15. The molecule has 4 rings (SSSR count). The van der Waals surface area contributed by atoms with Crippen LogP contribution >= 0.6 is 0 Å². The summed E-state index contributed by atoms with van der Waals surface area (Å²) in [5.41, 5.74) is 1.75. The maximum Gasteiger partial charge on any atom is 0.274 e. The second-order valence-corrected chi connectivity index (χ2v) is 6.43. The van der Waals surface area contributed by atoms with E-state index in [0.29, 0.717) is 30.0 Å². The zero-order valence-electron chi connectivity index (χ0n) is 14.1. The van der Waals surface area contributed by atoms with Gasteiger partial charge in [-0.2, -0.15) is 0 Å². The molecule has 132 valence electrons. The fourth-order valence-corrected chi connectivity index (χ4v) is 3.45. The second kappa shape index (κ2) is 5.94. The molecule has 0 bridgehead atoms. The fourth-order valence-electron chi connectivity index (χ4n) is 3.45. The Morgan fingerprint density at radius 3 is 2.69 bits per heavy atom. The number of nitro benzene ring substituents is 1. The van der Waals surface area contributed by atoms with Gasteiger partial charge in [-0.05, 0) is 13.3 Å². The zero-order chi connectivity index (χ0) is 18.4. The number of nitro groups is 1. The molecule has 0 spiro atoms. The number of aryl methyl sites for hydroxylation is 2. The maximum atomic E-state index is 14.8. The van der Waals surface area contributed by atoms with E-state index in [0.717, 1.165) is 18.1 Å². The molecule has 0 amide bonds. The molecule has 1 aromatic heterocycles. The van der Waals surface area contributed by atoms with Crippen LogP contribution < -0.4 is 5.32 Å². The van der Waals surface area contributed by atoms with E-state index in [1.165, 1.54) is 6.07 Å². The molecule has 6 nitrogen and oxygen atoms in total. The Hall–Kier alpha value is -3.22. The number of rotatable bonds is 3. The molecule has 0 saturated heterocycles. The minimum atomic E-state index is -0.756. The Morgan fingerprint density at radius 2 is 2.00 bits per heavy atom. The highest BCUT2D eigenvalue weighted by molar-refractivity contribution is 6.20. The molecule has 7 heteroatoms. The number of hydrogen-bond acceptors (Lipinski definition) is 4. The lowest BCUT2D eigenvalue weighted by molar-refractivity contribution is -0.384. The number of hydrogen-bond donors (Lipinski definition) is 1. The van der Waals surface area contributed by atoms with Crippen LogP contribution in [0.3, 0.4) is 0 Å². The van der Waals surface area contributed by atoms with Crippen LogP contribution in [0.2, 0.25) is 0 Å². The number of halogens is 1. The van der Waals surface area contributed by atoms with Gasteiger partial charge in [-0.1, -0.05) is 29.8 Å². The van der Waals surface area contributed by atoms with Crippen LogP contribution in [0, 0.1) is 22.9 Å². The average Bonchev–Trinajstić information content (AvgIpc) is 2.97. The van der Waals surface area contributed by atoms with Crippen LogP contribution in [-0.4, -0.2) is 21.8 Å². The Kier molecular flexibility index (Phi) is 3.72. The summed E-state index contributed by atoms with van der Waals surface area (Å²) in [7, 11) is 0. The number of fused-ring (bicyclic) bond motifs is 3.